The van der Waals surface area contributed by atoms with Gasteiger partial charge in [-0.2, -0.15) is 0 Å². The molecular formula is C25H26Cl2N4O4S. The summed E-state index contributed by atoms with van der Waals surface area (Å²) >= 11 is 12.1. The van der Waals surface area contributed by atoms with Gasteiger partial charge in [0.2, 0.25) is 5.95 Å². The summed E-state index contributed by atoms with van der Waals surface area (Å²) in [6.07, 6.45) is 1.45. The number of nitrogens with zero attached hydrogens (tertiary/aromatic N) is 3. The van der Waals surface area contributed by atoms with Crippen LogP contribution in [0.5, 0.6) is 0 Å². The molecule has 0 saturated heterocycles. The number of aromatic nitrogens is 2. The number of hydrogen-bond donors (Lipinski definition) is 1. The van der Waals surface area contributed by atoms with E-state index in [2.05, 4.69) is 5.32 Å². The molecule has 0 bridgehead atoms. The lowest BCUT2D eigenvalue weighted by Gasteiger charge is -2.34. The van der Waals surface area contributed by atoms with Crippen LogP contribution >= 0.6 is 23.2 Å². The number of carbonyl (C=O) groups is 1. The third-order valence-corrected chi connectivity index (χ3v) is 7.85. The van der Waals surface area contributed by atoms with Crippen LogP contribution in [-0.4, -0.2) is 47.1 Å². The second-order valence-electron chi connectivity index (χ2n) is 9.18. The van der Waals surface area contributed by atoms with E-state index in [0.717, 1.165) is 6.26 Å². The number of carbonyl (C=O) groups excluding carboxylic acids is 1. The maximum Gasteiger partial charge on any atom is 0.263 e. The molecule has 0 radical (unpaired) electrons. The molecule has 0 fully saturated rings. The van der Waals surface area contributed by atoms with Gasteiger partial charge in [-0.3, -0.25) is 9.59 Å². The highest BCUT2D eigenvalue weighted by molar-refractivity contribution is 7.90. The highest BCUT2D eigenvalue weighted by atomic mass is 35.5. The number of anilines is 1. The zero-order valence-corrected chi connectivity index (χ0v) is 22.6. The third kappa shape index (κ3) is 5.14. The van der Waals surface area contributed by atoms with Crippen molar-refractivity contribution < 1.29 is 13.2 Å². The Morgan fingerprint density at radius 3 is 2.36 bits per heavy atom. The van der Waals surface area contributed by atoms with Crippen molar-refractivity contribution in [2.75, 3.05) is 11.6 Å². The second kappa shape index (κ2) is 9.88. The van der Waals surface area contributed by atoms with Crippen LogP contribution in [0.1, 0.15) is 42.4 Å². The first-order chi connectivity index (χ1) is 16.9. The number of amides is 1. The van der Waals surface area contributed by atoms with E-state index in [9.17, 15) is 18.0 Å². The molecule has 0 spiro atoms. The highest BCUT2D eigenvalue weighted by Gasteiger charge is 2.32. The van der Waals surface area contributed by atoms with Crippen LogP contribution in [0.15, 0.2) is 52.2 Å². The van der Waals surface area contributed by atoms with Crippen molar-refractivity contribution in [3.8, 4) is 5.69 Å². The predicted molar refractivity (Wildman–Crippen MR) is 141 cm³/mol. The van der Waals surface area contributed by atoms with E-state index in [-0.39, 0.29) is 35.0 Å². The second-order valence-corrected chi connectivity index (χ2v) is 12.0. The molecule has 3 aromatic rings. The van der Waals surface area contributed by atoms with Gasteiger partial charge in [-0.25, -0.2) is 18.0 Å². The van der Waals surface area contributed by atoms with Crippen LogP contribution < -0.4 is 10.9 Å². The molecule has 1 atom stereocenters. The van der Waals surface area contributed by atoms with E-state index in [0.29, 0.717) is 44.9 Å². The monoisotopic (exact) mass is 548 g/mol. The number of halogens is 2. The van der Waals surface area contributed by atoms with Gasteiger partial charge in [0.05, 0.1) is 32.9 Å². The predicted octanol–water partition coefficient (Wildman–Crippen LogP) is 4.35. The van der Waals surface area contributed by atoms with Crippen molar-refractivity contribution in [1.29, 1.82) is 0 Å². The summed E-state index contributed by atoms with van der Waals surface area (Å²) in [5.41, 5.74) is 1.66. The van der Waals surface area contributed by atoms with Crippen molar-refractivity contribution in [3.05, 3.63) is 79.7 Å². The Hall–Kier alpha value is -2.88. The first-order valence-corrected chi connectivity index (χ1v) is 14.0. The zero-order valence-electron chi connectivity index (χ0n) is 20.2. The average molecular weight is 549 g/mol. The summed E-state index contributed by atoms with van der Waals surface area (Å²) in [5.74, 6) is 0.0878. The van der Waals surface area contributed by atoms with E-state index in [4.69, 9.17) is 28.2 Å². The minimum atomic E-state index is -3.38. The van der Waals surface area contributed by atoms with Gasteiger partial charge in [0.25, 0.3) is 11.5 Å². The Bertz CT molecular complexity index is 1500. The van der Waals surface area contributed by atoms with Gasteiger partial charge >= 0.3 is 0 Å². The summed E-state index contributed by atoms with van der Waals surface area (Å²) in [6, 6.07) is 10.5. The van der Waals surface area contributed by atoms with Gasteiger partial charge in [-0.05, 0) is 69.7 Å². The quantitative estimate of drug-likeness (QED) is 0.508. The summed E-state index contributed by atoms with van der Waals surface area (Å²) in [7, 11) is -3.38. The fourth-order valence-electron chi connectivity index (χ4n) is 4.16. The lowest BCUT2D eigenvalue weighted by atomic mass is 9.98. The van der Waals surface area contributed by atoms with Crippen LogP contribution in [0.4, 0.5) is 5.95 Å². The molecule has 36 heavy (non-hydrogen) atoms. The van der Waals surface area contributed by atoms with Gasteiger partial charge in [0, 0.05) is 29.5 Å². The minimum Gasteiger partial charge on any atom is -0.353 e. The van der Waals surface area contributed by atoms with E-state index in [1.165, 1.54) is 22.8 Å². The highest BCUT2D eigenvalue weighted by Crippen LogP contribution is 2.27. The zero-order chi connectivity index (χ0) is 26.4. The lowest BCUT2D eigenvalue weighted by Crippen LogP contribution is -2.46. The molecule has 2 aromatic carbocycles. The molecule has 1 amide bonds. The summed E-state index contributed by atoms with van der Waals surface area (Å²) in [4.78, 5) is 33.6. The van der Waals surface area contributed by atoms with Crippen LogP contribution in [0, 0.1) is 0 Å². The minimum absolute atomic E-state index is 0.0343. The molecule has 1 N–H and O–H groups in total. The van der Waals surface area contributed by atoms with Gasteiger partial charge < -0.3 is 10.2 Å². The molecule has 0 unspecified atom stereocenters. The fourth-order valence-corrected chi connectivity index (χ4v) is 5.09. The molecule has 190 valence electrons. The smallest absolute Gasteiger partial charge is 0.263 e. The van der Waals surface area contributed by atoms with Crippen molar-refractivity contribution in [1.82, 2.24) is 14.5 Å². The molecule has 11 heteroatoms. The van der Waals surface area contributed by atoms with Gasteiger partial charge in [-0.15, -0.1) is 0 Å². The van der Waals surface area contributed by atoms with Crippen molar-refractivity contribution in [3.63, 3.8) is 0 Å². The molecule has 2 heterocycles. The summed E-state index contributed by atoms with van der Waals surface area (Å²) in [5, 5.41) is 3.86. The number of benzene rings is 2. The van der Waals surface area contributed by atoms with Crippen molar-refractivity contribution in [2.24, 2.45) is 0 Å². The largest absolute Gasteiger partial charge is 0.353 e. The first kappa shape index (κ1) is 26.2. The van der Waals surface area contributed by atoms with Gasteiger partial charge in [0.15, 0.2) is 9.84 Å². The van der Waals surface area contributed by atoms with Gasteiger partial charge in [0.1, 0.15) is 0 Å². The Labute approximate surface area is 219 Å². The van der Waals surface area contributed by atoms with E-state index >= 15 is 0 Å². The number of hydrogen-bond acceptors (Lipinski definition) is 6. The normalized spacial score (nSPS) is 15.6. The summed E-state index contributed by atoms with van der Waals surface area (Å²) in [6.45, 7) is 5.88. The van der Waals surface area contributed by atoms with E-state index in [1.54, 1.807) is 29.2 Å². The summed E-state index contributed by atoms with van der Waals surface area (Å²) < 4.78 is 25.2. The van der Waals surface area contributed by atoms with Crippen LogP contribution in [-0.2, 0) is 22.8 Å². The van der Waals surface area contributed by atoms with E-state index < -0.39 is 9.84 Å². The number of sulfone groups is 1. The van der Waals surface area contributed by atoms with Crippen LogP contribution in [0.25, 0.3) is 5.69 Å². The number of rotatable bonds is 5. The average Bonchev–Trinajstić information content (AvgIpc) is 2.80. The Balaban J connectivity index is 1.78. The molecule has 4 rings (SSSR count). The number of fused-ring (bicyclic) bond motifs is 1. The first-order valence-electron chi connectivity index (χ1n) is 11.3. The molecule has 1 aliphatic heterocycles. The van der Waals surface area contributed by atoms with Gasteiger partial charge in [-0.1, -0.05) is 23.2 Å². The lowest BCUT2D eigenvalue weighted by molar-refractivity contribution is 0.0653. The van der Waals surface area contributed by atoms with Crippen molar-refractivity contribution in [2.45, 2.75) is 50.7 Å². The van der Waals surface area contributed by atoms with E-state index in [1.807, 2.05) is 20.8 Å². The third-order valence-electron chi connectivity index (χ3n) is 5.98. The SMILES string of the molecule is CC(C)Nc1nc2c(c(=O)n1-c1ccc(S(C)(=O)=O)cc1)C[C@H](C)N(C(=O)c1ccc(Cl)c(Cl)c1)C2. The molecule has 8 nitrogen and oxygen atoms in total. The molecule has 0 aliphatic carbocycles. The number of nitrogens with one attached hydrogen (secondary N) is 1. The Kier molecular flexibility index (Phi) is 7.19. The molecule has 0 saturated carbocycles. The maximum atomic E-state index is 13.7. The molecule has 1 aliphatic rings. The maximum absolute atomic E-state index is 13.7. The fraction of sp³-hybridized carbons (Fsp3) is 0.320. The molecule has 1 aromatic heterocycles. The Morgan fingerprint density at radius 1 is 1.11 bits per heavy atom. The standard InChI is InChI=1S/C25H26Cl2N4O4S/c1-14(2)28-25-29-22-13-30(23(32)16-5-10-20(26)21(27)12-16)15(3)11-19(22)24(33)31(25)17-6-8-18(9-7-17)36(4,34)35/h5-10,12,14-15H,11,13H2,1-4H3,(H,28,29)/t15-/m0/s1. The Morgan fingerprint density at radius 2 is 1.78 bits per heavy atom. The topological polar surface area (TPSA) is 101 Å². The molecular weight excluding hydrogens is 523 g/mol. The van der Waals surface area contributed by atoms with Crippen LogP contribution in [0.2, 0.25) is 10.0 Å². The van der Waals surface area contributed by atoms with Crippen molar-refractivity contribution >= 4 is 44.9 Å². The van der Waals surface area contributed by atoms with Crippen LogP contribution in [0.3, 0.4) is 0 Å².